The minimum absolute atomic E-state index is 0.175. The highest BCUT2D eigenvalue weighted by Gasteiger charge is 2.15. The molecule has 1 aliphatic rings. The fourth-order valence-corrected chi connectivity index (χ4v) is 2.48. The van der Waals surface area contributed by atoms with Gasteiger partial charge in [-0.05, 0) is 43.9 Å². The van der Waals surface area contributed by atoms with Crippen molar-refractivity contribution in [1.82, 2.24) is 0 Å². The Morgan fingerprint density at radius 2 is 2.19 bits per heavy atom. The van der Waals surface area contributed by atoms with Gasteiger partial charge in [-0.15, -0.1) is 11.6 Å². The molecule has 0 amide bonds. The molecule has 0 saturated heterocycles. The molecule has 2 rings (SSSR count). The second kappa shape index (κ2) is 4.92. The van der Waals surface area contributed by atoms with Gasteiger partial charge in [-0.25, -0.2) is 0 Å². The molecular weight excluding hydrogens is 220 g/mol. The predicted octanol–water partition coefficient (Wildman–Crippen LogP) is 4.18. The first kappa shape index (κ1) is 11.5. The molecule has 16 heavy (non-hydrogen) atoms. The van der Waals surface area contributed by atoms with Gasteiger partial charge in [-0.2, -0.15) is 0 Å². The fraction of sp³-hybridized carbons (Fsp3) is 0.429. The van der Waals surface area contributed by atoms with Crippen molar-refractivity contribution in [3.8, 4) is 5.75 Å². The maximum Gasteiger partial charge on any atom is 0.126 e. The molecule has 0 aromatic heterocycles. The maximum absolute atomic E-state index is 6.18. The molecule has 0 bridgehead atoms. The van der Waals surface area contributed by atoms with Crippen LogP contribution in [0.15, 0.2) is 24.3 Å². The van der Waals surface area contributed by atoms with Crippen LogP contribution in [0.3, 0.4) is 0 Å². The molecule has 1 nitrogen and oxygen atoms in total. The molecule has 0 radical (unpaired) electrons. The molecule has 0 N–H and O–H groups in total. The van der Waals surface area contributed by atoms with Gasteiger partial charge >= 0.3 is 0 Å². The summed E-state index contributed by atoms with van der Waals surface area (Å²) in [6, 6.07) is 6.28. The van der Waals surface area contributed by atoms with Crippen molar-refractivity contribution >= 4 is 17.2 Å². The lowest BCUT2D eigenvalue weighted by Gasteiger charge is -2.19. The molecule has 0 fully saturated rings. The zero-order valence-electron chi connectivity index (χ0n) is 9.79. The molecule has 1 aliphatic carbocycles. The molecule has 1 aromatic rings. The minimum atomic E-state index is 0.175. The van der Waals surface area contributed by atoms with Gasteiger partial charge in [0.15, 0.2) is 0 Å². The maximum atomic E-state index is 6.18. The highest BCUT2D eigenvalue weighted by atomic mass is 35.5. The topological polar surface area (TPSA) is 9.23 Å². The number of aryl methyl sites for hydroxylation is 1. The summed E-state index contributed by atoms with van der Waals surface area (Å²) in [5, 5.41) is 0.175. The Kier molecular flexibility index (Phi) is 3.55. The molecule has 0 heterocycles. The third kappa shape index (κ3) is 2.41. The lowest BCUT2D eigenvalue weighted by molar-refractivity contribution is 0.413. The summed E-state index contributed by atoms with van der Waals surface area (Å²) in [6.07, 6.45) is 5.52. The van der Waals surface area contributed by atoms with E-state index >= 15 is 0 Å². The summed E-state index contributed by atoms with van der Waals surface area (Å²) in [4.78, 5) is 0. The fourth-order valence-electron chi connectivity index (χ4n) is 2.17. The SMILES string of the molecule is COc1ccc(C)cc1C1=CC(Cl)CCC1. The van der Waals surface area contributed by atoms with Crippen LogP contribution in [-0.2, 0) is 0 Å². The van der Waals surface area contributed by atoms with Crippen LogP contribution in [0.1, 0.15) is 30.4 Å². The van der Waals surface area contributed by atoms with Crippen LogP contribution in [0.25, 0.3) is 5.57 Å². The van der Waals surface area contributed by atoms with E-state index in [2.05, 4.69) is 25.1 Å². The van der Waals surface area contributed by atoms with E-state index in [1.807, 2.05) is 6.07 Å². The van der Waals surface area contributed by atoms with Crippen molar-refractivity contribution in [2.75, 3.05) is 7.11 Å². The van der Waals surface area contributed by atoms with Crippen molar-refractivity contribution < 1.29 is 4.74 Å². The zero-order chi connectivity index (χ0) is 11.5. The average Bonchev–Trinajstić information content (AvgIpc) is 2.29. The number of hydrogen-bond acceptors (Lipinski definition) is 1. The van der Waals surface area contributed by atoms with E-state index in [1.54, 1.807) is 7.11 Å². The monoisotopic (exact) mass is 236 g/mol. The van der Waals surface area contributed by atoms with Gasteiger partial charge in [0.2, 0.25) is 0 Å². The van der Waals surface area contributed by atoms with E-state index in [0.717, 1.165) is 25.0 Å². The summed E-state index contributed by atoms with van der Waals surface area (Å²) < 4.78 is 5.40. The third-order valence-corrected chi connectivity index (χ3v) is 3.35. The lowest BCUT2D eigenvalue weighted by atomic mass is 9.92. The van der Waals surface area contributed by atoms with Crippen LogP contribution >= 0.6 is 11.6 Å². The van der Waals surface area contributed by atoms with E-state index in [-0.39, 0.29) is 5.38 Å². The zero-order valence-corrected chi connectivity index (χ0v) is 10.6. The Hall–Kier alpha value is -0.950. The Balaban J connectivity index is 2.41. The quantitative estimate of drug-likeness (QED) is 0.700. The van der Waals surface area contributed by atoms with Gasteiger partial charge < -0.3 is 4.74 Å². The van der Waals surface area contributed by atoms with E-state index in [4.69, 9.17) is 16.3 Å². The van der Waals surface area contributed by atoms with Gasteiger partial charge in [0, 0.05) is 5.56 Å². The van der Waals surface area contributed by atoms with E-state index < -0.39 is 0 Å². The summed E-state index contributed by atoms with van der Waals surface area (Å²) in [5.74, 6) is 0.947. The van der Waals surface area contributed by atoms with Crippen molar-refractivity contribution in [1.29, 1.82) is 0 Å². The number of allylic oxidation sites excluding steroid dienone is 2. The summed E-state index contributed by atoms with van der Waals surface area (Å²) in [6.45, 7) is 2.10. The molecule has 1 unspecified atom stereocenters. The first-order chi connectivity index (χ1) is 7.70. The van der Waals surface area contributed by atoms with Crippen molar-refractivity contribution in [2.24, 2.45) is 0 Å². The smallest absolute Gasteiger partial charge is 0.126 e. The largest absolute Gasteiger partial charge is 0.496 e. The van der Waals surface area contributed by atoms with Crippen LogP contribution in [0.5, 0.6) is 5.75 Å². The van der Waals surface area contributed by atoms with Gasteiger partial charge in [-0.3, -0.25) is 0 Å². The minimum Gasteiger partial charge on any atom is -0.496 e. The van der Waals surface area contributed by atoms with Crippen LogP contribution in [0.2, 0.25) is 0 Å². The first-order valence-electron chi connectivity index (χ1n) is 5.70. The van der Waals surface area contributed by atoms with Crippen molar-refractivity contribution in [3.05, 3.63) is 35.4 Å². The number of hydrogen-bond donors (Lipinski definition) is 0. The summed E-state index contributed by atoms with van der Waals surface area (Å²) in [5.41, 5.74) is 3.79. The first-order valence-corrected chi connectivity index (χ1v) is 6.14. The molecular formula is C14H17ClO. The Morgan fingerprint density at radius 3 is 2.88 bits per heavy atom. The second-order valence-electron chi connectivity index (χ2n) is 4.30. The van der Waals surface area contributed by atoms with Crippen LogP contribution in [-0.4, -0.2) is 12.5 Å². The number of rotatable bonds is 2. The van der Waals surface area contributed by atoms with Gasteiger partial charge in [0.1, 0.15) is 5.75 Å². The van der Waals surface area contributed by atoms with Crippen LogP contribution in [0.4, 0.5) is 0 Å². The average molecular weight is 237 g/mol. The number of halogens is 1. The standard InChI is InChI=1S/C14H17ClO/c1-10-6-7-14(16-2)13(8-10)11-4-3-5-12(15)9-11/h6-9,12H,3-5H2,1-2H3. The molecule has 2 heteroatoms. The lowest BCUT2D eigenvalue weighted by Crippen LogP contribution is -2.04. The number of alkyl halides is 1. The van der Waals surface area contributed by atoms with E-state index in [0.29, 0.717) is 0 Å². The molecule has 86 valence electrons. The molecule has 0 saturated carbocycles. The van der Waals surface area contributed by atoms with Crippen LogP contribution in [0, 0.1) is 6.92 Å². The number of benzene rings is 1. The van der Waals surface area contributed by atoms with Gasteiger partial charge in [-0.1, -0.05) is 17.7 Å². The third-order valence-electron chi connectivity index (χ3n) is 3.01. The van der Waals surface area contributed by atoms with Crippen molar-refractivity contribution in [3.63, 3.8) is 0 Å². The molecule has 0 spiro atoms. The molecule has 1 atom stereocenters. The van der Waals surface area contributed by atoms with E-state index in [9.17, 15) is 0 Å². The van der Waals surface area contributed by atoms with Crippen molar-refractivity contribution in [2.45, 2.75) is 31.6 Å². The normalized spacial score (nSPS) is 20.4. The second-order valence-corrected chi connectivity index (χ2v) is 4.86. The predicted molar refractivity (Wildman–Crippen MR) is 69.2 cm³/mol. The Labute approximate surface area is 102 Å². The summed E-state index contributed by atoms with van der Waals surface area (Å²) >= 11 is 6.18. The number of methoxy groups -OCH3 is 1. The number of ether oxygens (including phenoxy) is 1. The Bertz CT molecular complexity index is 409. The van der Waals surface area contributed by atoms with Crippen LogP contribution < -0.4 is 4.74 Å². The van der Waals surface area contributed by atoms with Gasteiger partial charge in [0.05, 0.1) is 12.5 Å². The molecule has 0 aliphatic heterocycles. The molecule has 1 aromatic carbocycles. The van der Waals surface area contributed by atoms with E-state index in [1.165, 1.54) is 16.7 Å². The highest BCUT2D eigenvalue weighted by Crippen LogP contribution is 2.34. The highest BCUT2D eigenvalue weighted by molar-refractivity contribution is 6.22. The Morgan fingerprint density at radius 1 is 1.38 bits per heavy atom. The summed E-state index contributed by atoms with van der Waals surface area (Å²) in [7, 11) is 1.72. The van der Waals surface area contributed by atoms with Gasteiger partial charge in [0.25, 0.3) is 0 Å².